The van der Waals surface area contributed by atoms with Crippen LogP contribution in [0.15, 0.2) is 60.7 Å². The molecule has 0 heterocycles. The number of benzene rings is 3. The lowest BCUT2D eigenvalue weighted by Crippen LogP contribution is -2.12. The maximum atomic E-state index is 15.2. The normalized spacial score (nSPS) is 11.3. The Hall–Kier alpha value is -2.49. The monoisotopic (exact) mass is 448 g/mol. The zero-order chi connectivity index (χ0) is 23.6. The Bertz CT molecular complexity index is 1010. The van der Waals surface area contributed by atoms with Crippen LogP contribution in [0.5, 0.6) is 0 Å². The van der Waals surface area contributed by atoms with E-state index in [1.807, 2.05) is 24.3 Å². The molecule has 0 atom stereocenters. The van der Waals surface area contributed by atoms with Gasteiger partial charge in [0, 0.05) is 24.7 Å². The molecule has 2 nitrogen and oxygen atoms in total. The van der Waals surface area contributed by atoms with Crippen molar-refractivity contribution in [2.75, 3.05) is 13.2 Å². The summed E-state index contributed by atoms with van der Waals surface area (Å²) in [6.45, 7) is 4.29. The Morgan fingerprint density at radius 1 is 0.727 bits per heavy atom. The average molecular weight is 449 g/mol. The molecular weight excluding hydrogens is 411 g/mol. The fourth-order valence-corrected chi connectivity index (χ4v) is 4.33. The maximum absolute atomic E-state index is 15.2. The van der Waals surface area contributed by atoms with Gasteiger partial charge >= 0.3 is 0 Å². The number of hydrogen-bond acceptors (Lipinski definition) is 2. The molecule has 0 aliphatic carbocycles. The lowest BCUT2D eigenvalue weighted by molar-refractivity contribution is 0.144. The standard InChI is InChI=1S/C30H37FO2/c1-3-5-6-7-22-10-13-26(14-11-22)27-15-17-29(30(31)19-27)28-16-12-23(18-25(28)4-2)8-9-24(20-32)21-33/h10-19,24,32-33H,3-9,20-21H2,1-2H3. The number of unbranched alkanes of at least 4 members (excludes halogenated alkanes) is 2. The molecule has 33 heavy (non-hydrogen) atoms. The molecule has 176 valence electrons. The third-order valence-corrected chi connectivity index (χ3v) is 6.52. The van der Waals surface area contributed by atoms with Crippen LogP contribution in [0.3, 0.4) is 0 Å². The van der Waals surface area contributed by atoms with Gasteiger partial charge in [-0.05, 0) is 71.6 Å². The average Bonchev–Trinajstić information content (AvgIpc) is 2.85. The van der Waals surface area contributed by atoms with Crippen molar-refractivity contribution in [1.82, 2.24) is 0 Å². The van der Waals surface area contributed by atoms with Crippen LogP contribution in [0.2, 0.25) is 0 Å². The summed E-state index contributed by atoms with van der Waals surface area (Å²) < 4.78 is 15.2. The molecule has 0 radical (unpaired) electrons. The Morgan fingerprint density at radius 2 is 1.39 bits per heavy atom. The van der Waals surface area contributed by atoms with Crippen LogP contribution >= 0.6 is 0 Å². The largest absolute Gasteiger partial charge is 0.396 e. The zero-order valence-electron chi connectivity index (χ0n) is 20.0. The van der Waals surface area contributed by atoms with E-state index < -0.39 is 0 Å². The third kappa shape index (κ3) is 6.75. The zero-order valence-corrected chi connectivity index (χ0v) is 20.0. The van der Waals surface area contributed by atoms with E-state index in [0.29, 0.717) is 5.56 Å². The van der Waals surface area contributed by atoms with E-state index in [1.165, 1.54) is 24.8 Å². The van der Waals surface area contributed by atoms with Crippen molar-refractivity contribution in [2.24, 2.45) is 5.92 Å². The Balaban J connectivity index is 1.77. The van der Waals surface area contributed by atoms with E-state index in [9.17, 15) is 10.2 Å². The number of halogens is 1. The van der Waals surface area contributed by atoms with E-state index in [1.54, 1.807) is 6.07 Å². The Morgan fingerprint density at radius 3 is 2.03 bits per heavy atom. The molecule has 3 aromatic carbocycles. The van der Waals surface area contributed by atoms with E-state index in [-0.39, 0.29) is 24.9 Å². The van der Waals surface area contributed by atoms with Crippen molar-refractivity contribution >= 4 is 0 Å². The summed E-state index contributed by atoms with van der Waals surface area (Å²) in [6, 6.07) is 20.2. The van der Waals surface area contributed by atoms with Crippen molar-refractivity contribution in [2.45, 2.75) is 58.8 Å². The smallest absolute Gasteiger partial charge is 0.131 e. The van der Waals surface area contributed by atoms with E-state index in [0.717, 1.165) is 53.5 Å². The van der Waals surface area contributed by atoms with Crippen LogP contribution in [0.1, 0.15) is 56.2 Å². The molecule has 0 amide bonds. The molecule has 3 heteroatoms. The molecule has 0 saturated carbocycles. The highest BCUT2D eigenvalue weighted by Crippen LogP contribution is 2.31. The van der Waals surface area contributed by atoms with Gasteiger partial charge < -0.3 is 10.2 Å². The summed E-state index contributed by atoms with van der Waals surface area (Å²) in [7, 11) is 0. The SMILES string of the molecule is CCCCCc1ccc(-c2ccc(-c3ccc(CCC(CO)CO)cc3CC)c(F)c2)cc1. The topological polar surface area (TPSA) is 40.5 Å². The summed E-state index contributed by atoms with van der Waals surface area (Å²) in [6.07, 6.45) is 7.11. The van der Waals surface area contributed by atoms with Crippen molar-refractivity contribution in [1.29, 1.82) is 0 Å². The van der Waals surface area contributed by atoms with Crippen LogP contribution < -0.4 is 0 Å². The lowest BCUT2D eigenvalue weighted by atomic mass is 9.92. The quantitative estimate of drug-likeness (QED) is 0.293. The van der Waals surface area contributed by atoms with Gasteiger partial charge in [-0.25, -0.2) is 4.39 Å². The minimum atomic E-state index is -0.206. The minimum absolute atomic E-state index is 0.00559. The van der Waals surface area contributed by atoms with Crippen LogP contribution in [0, 0.1) is 11.7 Å². The third-order valence-electron chi connectivity index (χ3n) is 6.52. The predicted octanol–water partition coefficient (Wildman–Crippen LogP) is 6.99. The summed E-state index contributed by atoms with van der Waals surface area (Å²) in [4.78, 5) is 0. The highest BCUT2D eigenvalue weighted by Gasteiger charge is 2.13. The fourth-order valence-electron chi connectivity index (χ4n) is 4.33. The molecule has 2 N–H and O–H groups in total. The molecule has 0 spiro atoms. The molecule has 0 fully saturated rings. The Kier molecular flexibility index (Phi) is 9.65. The molecule has 0 saturated heterocycles. The molecule has 0 bridgehead atoms. The summed E-state index contributed by atoms with van der Waals surface area (Å²) in [5.41, 5.74) is 7.08. The van der Waals surface area contributed by atoms with Crippen LogP contribution in [0.4, 0.5) is 4.39 Å². The number of aliphatic hydroxyl groups is 2. The fraction of sp³-hybridized carbons (Fsp3) is 0.400. The van der Waals surface area contributed by atoms with Crippen LogP contribution in [-0.4, -0.2) is 23.4 Å². The van der Waals surface area contributed by atoms with Crippen molar-refractivity contribution < 1.29 is 14.6 Å². The first-order chi connectivity index (χ1) is 16.1. The first-order valence-corrected chi connectivity index (χ1v) is 12.3. The van der Waals surface area contributed by atoms with E-state index >= 15 is 4.39 Å². The second kappa shape index (κ2) is 12.7. The van der Waals surface area contributed by atoms with Gasteiger partial charge in [0.25, 0.3) is 0 Å². The molecule has 0 aromatic heterocycles. The molecular formula is C30H37FO2. The maximum Gasteiger partial charge on any atom is 0.131 e. The molecule has 0 aliphatic rings. The number of rotatable bonds is 12. The second-order valence-electron chi connectivity index (χ2n) is 8.96. The van der Waals surface area contributed by atoms with Gasteiger partial charge in [-0.2, -0.15) is 0 Å². The summed E-state index contributed by atoms with van der Waals surface area (Å²) in [5, 5.41) is 18.6. The van der Waals surface area contributed by atoms with Gasteiger partial charge in [0.2, 0.25) is 0 Å². The van der Waals surface area contributed by atoms with Gasteiger partial charge in [0.15, 0.2) is 0 Å². The predicted molar refractivity (Wildman–Crippen MR) is 136 cm³/mol. The van der Waals surface area contributed by atoms with E-state index in [2.05, 4.69) is 44.2 Å². The van der Waals surface area contributed by atoms with Crippen molar-refractivity contribution in [3.8, 4) is 22.3 Å². The lowest BCUT2D eigenvalue weighted by Gasteiger charge is -2.14. The molecule has 3 rings (SSSR count). The van der Waals surface area contributed by atoms with Gasteiger partial charge in [-0.1, -0.05) is 81.3 Å². The minimum Gasteiger partial charge on any atom is -0.396 e. The van der Waals surface area contributed by atoms with Crippen LogP contribution in [-0.2, 0) is 19.3 Å². The second-order valence-corrected chi connectivity index (χ2v) is 8.96. The number of hydrogen-bond donors (Lipinski definition) is 2. The van der Waals surface area contributed by atoms with Gasteiger partial charge in [-0.3, -0.25) is 0 Å². The van der Waals surface area contributed by atoms with Crippen molar-refractivity contribution in [3.05, 3.63) is 83.2 Å². The van der Waals surface area contributed by atoms with Gasteiger partial charge in [-0.15, -0.1) is 0 Å². The van der Waals surface area contributed by atoms with Crippen molar-refractivity contribution in [3.63, 3.8) is 0 Å². The summed E-state index contributed by atoms with van der Waals surface area (Å²) >= 11 is 0. The molecule has 0 unspecified atom stereocenters. The number of aryl methyl sites for hydroxylation is 3. The molecule has 3 aromatic rings. The highest BCUT2D eigenvalue weighted by atomic mass is 19.1. The summed E-state index contributed by atoms with van der Waals surface area (Å²) in [5.74, 6) is -0.298. The highest BCUT2D eigenvalue weighted by molar-refractivity contribution is 5.73. The molecule has 0 aliphatic heterocycles. The first kappa shape index (κ1) is 25.1. The van der Waals surface area contributed by atoms with Crippen LogP contribution in [0.25, 0.3) is 22.3 Å². The van der Waals surface area contributed by atoms with Gasteiger partial charge in [0.05, 0.1) is 0 Å². The van der Waals surface area contributed by atoms with E-state index in [4.69, 9.17) is 0 Å². The first-order valence-electron chi connectivity index (χ1n) is 12.3. The Labute approximate surface area is 198 Å². The van der Waals surface area contributed by atoms with Gasteiger partial charge in [0.1, 0.15) is 5.82 Å². The number of aliphatic hydroxyl groups excluding tert-OH is 2.